The van der Waals surface area contributed by atoms with Gasteiger partial charge in [0.25, 0.3) is 0 Å². The predicted octanol–water partition coefficient (Wildman–Crippen LogP) is 2.07. The normalized spacial score (nSPS) is 10.8. The van der Waals surface area contributed by atoms with Gasteiger partial charge in [0.1, 0.15) is 18.2 Å². The van der Waals surface area contributed by atoms with Crippen LogP contribution < -0.4 is 15.8 Å². The summed E-state index contributed by atoms with van der Waals surface area (Å²) in [4.78, 5) is 19.8. The number of nitrogens with zero attached hydrogens (tertiary/aromatic N) is 1. The second kappa shape index (κ2) is 7.81. The predicted molar refractivity (Wildman–Crippen MR) is 97.4 cm³/mol. The number of fused-ring (bicyclic) bond motifs is 1. The van der Waals surface area contributed by atoms with Gasteiger partial charge in [0, 0.05) is 13.1 Å². The Kier molecular flexibility index (Phi) is 5.30. The van der Waals surface area contributed by atoms with Crippen LogP contribution in [0.15, 0.2) is 42.5 Å². The molecule has 4 N–H and O–H groups in total. The van der Waals surface area contributed by atoms with E-state index >= 15 is 0 Å². The van der Waals surface area contributed by atoms with Crippen LogP contribution in [0.3, 0.4) is 0 Å². The van der Waals surface area contributed by atoms with Crippen molar-refractivity contribution in [3.05, 3.63) is 59.4 Å². The highest BCUT2D eigenvalue weighted by atomic mass is 16.5. The molecule has 1 amide bonds. The third-order valence-corrected chi connectivity index (χ3v) is 3.80. The smallest absolute Gasteiger partial charge is 0.224 e. The van der Waals surface area contributed by atoms with Gasteiger partial charge in [-0.2, -0.15) is 0 Å². The lowest BCUT2D eigenvalue weighted by atomic mass is 10.1. The molecular weight excluding hydrogens is 316 g/mol. The highest BCUT2D eigenvalue weighted by molar-refractivity contribution is 5.79. The Hall–Kier alpha value is -2.86. The van der Waals surface area contributed by atoms with Gasteiger partial charge >= 0.3 is 0 Å². The highest BCUT2D eigenvalue weighted by Gasteiger charge is 2.06. The number of aryl methyl sites for hydroxylation is 1. The van der Waals surface area contributed by atoms with E-state index in [-0.39, 0.29) is 5.91 Å². The lowest BCUT2D eigenvalue weighted by molar-refractivity contribution is -0.120. The first kappa shape index (κ1) is 17.0. The molecule has 6 heteroatoms. The molecule has 0 unspecified atom stereocenters. The Balaban J connectivity index is 1.56. The molecule has 0 radical (unpaired) electrons. The van der Waals surface area contributed by atoms with Crippen molar-refractivity contribution in [3.63, 3.8) is 0 Å². The number of benzene rings is 2. The van der Waals surface area contributed by atoms with Crippen LogP contribution in [0.1, 0.15) is 17.0 Å². The van der Waals surface area contributed by atoms with Gasteiger partial charge in [0.05, 0.1) is 17.5 Å². The number of aromatic nitrogens is 2. The summed E-state index contributed by atoms with van der Waals surface area (Å²) in [6.07, 6.45) is 0.311. The summed E-state index contributed by atoms with van der Waals surface area (Å²) in [7, 11) is 0. The lowest BCUT2D eigenvalue weighted by Gasteiger charge is -2.08. The summed E-state index contributed by atoms with van der Waals surface area (Å²) in [5.41, 5.74) is 9.28. The summed E-state index contributed by atoms with van der Waals surface area (Å²) in [5, 5.41) is 2.95. The monoisotopic (exact) mass is 338 g/mol. The number of nitrogens with two attached hydrogens (primary N) is 1. The molecule has 0 aliphatic rings. The lowest BCUT2D eigenvalue weighted by Crippen LogP contribution is -2.24. The molecule has 0 aliphatic heterocycles. The van der Waals surface area contributed by atoms with E-state index in [4.69, 9.17) is 10.5 Å². The van der Waals surface area contributed by atoms with Crippen LogP contribution in [0.4, 0.5) is 0 Å². The Labute approximate surface area is 146 Å². The summed E-state index contributed by atoms with van der Waals surface area (Å²) >= 11 is 0. The molecule has 6 nitrogen and oxygen atoms in total. The summed E-state index contributed by atoms with van der Waals surface area (Å²) in [6.45, 7) is 3.33. The van der Waals surface area contributed by atoms with E-state index < -0.39 is 0 Å². The molecule has 0 fully saturated rings. The fraction of sp³-hybridized carbons (Fsp3) is 0.263. The van der Waals surface area contributed by atoms with E-state index in [1.807, 2.05) is 49.4 Å². The van der Waals surface area contributed by atoms with Gasteiger partial charge in [0.15, 0.2) is 0 Å². The SMILES string of the molecule is Cc1nc2ccc(CNC(=O)Cc3cccc(OCCN)c3)cc2[nH]1. The molecule has 0 bridgehead atoms. The van der Waals surface area contributed by atoms with Crippen LogP contribution in [0, 0.1) is 6.92 Å². The second-order valence-electron chi connectivity index (χ2n) is 5.91. The van der Waals surface area contributed by atoms with E-state index in [0.29, 0.717) is 26.1 Å². The maximum atomic E-state index is 12.2. The minimum Gasteiger partial charge on any atom is -0.492 e. The maximum Gasteiger partial charge on any atom is 0.224 e. The van der Waals surface area contributed by atoms with Gasteiger partial charge in [0.2, 0.25) is 5.91 Å². The molecule has 1 heterocycles. The number of rotatable bonds is 7. The zero-order chi connectivity index (χ0) is 17.6. The van der Waals surface area contributed by atoms with Crippen molar-refractivity contribution in [2.45, 2.75) is 19.9 Å². The summed E-state index contributed by atoms with van der Waals surface area (Å²) in [6, 6.07) is 13.5. The van der Waals surface area contributed by atoms with E-state index in [0.717, 1.165) is 33.7 Å². The average Bonchev–Trinajstić information content (AvgIpc) is 2.97. The van der Waals surface area contributed by atoms with E-state index in [9.17, 15) is 4.79 Å². The van der Waals surface area contributed by atoms with Gasteiger partial charge in [-0.1, -0.05) is 18.2 Å². The standard InChI is InChI=1S/C19H22N4O2/c1-13-22-17-6-5-15(10-18(17)23-13)12-21-19(24)11-14-3-2-4-16(9-14)25-8-7-20/h2-6,9-10H,7-8,11-12,20H2,1H3,(H,21,24)(H,22,23). The molecule has 3 rings (SSSR count). The minimum absolute atomic E-state index is 0.0307. The number of hydrogen-bond acceptors (Lipinski definition) is 4. The van der Waals surface area contributed by atoms with Gasteiger partial charge in [-0.05, 0) is 42.3 Å². The average molecular weight is 338 g/mol. The largest absolute Gasteiger partial charge is 0.492 e. The number of amides is 1. The molecule has 2 aromatic carbocycles. The molecule has 25 heavy (non-hydrogen) atoms. The van der Waals surface area contributed by atoms with E-state index in [2.05, 4.69) is 15.3 Å². The number of aromatic amines is 1. The first-order valence-corrected chi connectivity index (χ1v) is 8.28. The van der Waals surface area contributed by atoms with Crippen molar-refractivity contribution in [1.82, 2.24) is 15.3 Å². The fourth-order valence-electron chi connectivity index (χ4n) is 2.66. The third kappa shape index (κ3) is 4.58. The molecule has 1 aromatic heterocycles. The number of nitrogens with one attached hydrogen (secondary N) is 2. The number of carbonyl (C=O) groups is 1. The number of imidazole rings is 1. The van der Waals surface area contributed by atoms with Crippen molar-refractivity contribution in [3.8, 4) is 5.75 Å². The van der Waals surface area contributed by atoms with Gasteiger partial charge in [-0.15, -0.1) is 0 Å². The number of carbonyl (C=O) groups excluding carboxylic acids is 1. The van der Waals surface area contributed by atoms with Crippen molar-refractivity contribution < 1.29 is 9.53 Å². The van der Waals surface area contributed by atoms with Gasteiger partial charge in [-0.25, -0.2) is 4.98 Å². The molecular formula is C19H22N4O2. The molecule has 130 valence electrons. The Morgan fingerprint density at radius 3 is 2.96 bits per heavy atom. The van der Waals surface area contributed by atoms with Crippen molar-refractivity contribution in [1.29, 1.82) is 0 Å². The van der Waals surface area contributed by atoms with Crippen LogP contribution in [0.5, 0.6) is 5.75 Å². The Morgan fingerprint density at radius 2 is 2.12 bits per heavy atom. The van der Waals surface area contributed by atoms with E-state index in [1.165, 1.54) is 0 Å². The Bertz CT molecular complexity index is 873. The van der Waals surface area contributed by atoms with Gasteiger partial charge in [-0.3, -0.25) is 4.79 Å². The Morgan fingerprint density at radius 1 is 1.24 bits per heavy atom. The zero-order valence-corrected chi connectivity index (χ0v) is 14.2. The second-order valence-corrected chi connectivity index (χ2v) is 5.91. The third-order valence-electron chi connectivity index (χ3n) is 3.80. The zero-order valence-electron chi connectivity index (χ0n) is 14.2. The molecule has 0 saturated heterocycles. The van der Waals surface area contributed by atoms with Crippen LogP contribution in [-0.4, -0.2) is 29.0 Å². The van der Waals surface area contributed by atoms with Gasteiger partial charge < -0.3 is 20.8 Å². The molecule has 0 spiro atoms. The molecule has 0 saturated carbocycles. The minimum atomic E-state index is -0.0307. The summed E-state index contributed by atoms with van der Waals surface area (Å²) in [5.74, 6) is 1.58. The van der Waals surface area contributed by atoms with Crippen molar-refractivity contribution >= 4 is 16.9 Å². The topological polar surface area (TPSA) is 93.0 Å². The maximum absolute atomic E-state index is 12.2. The number of ether oxygens (including phenoxy) is 1. The van der Waals surface area contributed by atoms with Crippen LogP contribution in [0.25, 0.3) is 11.0 Å². The van der Waals surface area contributed by atoms with Crippen LogP contribution in [0.2, 0.25) is 0 Å². The van der Waals surface area contributed by atoms with E-state index in [1.54, 1.807) is 0 Å². The van der Waals surface area contributed by atoms with Crippen LogP contribution in [-0.2, 0) is 17.8 Å². The quantitative estimate of drug-likeness (QED) is 0.615. The molecule has 3 aromatic rings. The highest BCUT2D eigenvalue weighted by Crippen LogP contribution is 2.15. The number of hydrogen-bond donors (Lipinski definition) is 3. The first-order chi connectivity index (χ1) is 12.1. The van der Waals surface area contributed by atoms with Crippen molar-refractivity contribution in [2.75, 3.05) is 13.2 Å². The van der Waals surface area contributed by atoms with Crippen LogP contribution >= 0.6 is 0 Å². The molecule has 0 aliphatic carbocycles. The van der Waals surface area contributed by atoms with Crippen molar-refractivity contribution in [2.24, 2.45) is 5.73 Å². The fourth-order valence-corrected chi connectivity index (χ4v) is 2.66. The number of H-pyrrole nitrogens is 1. The summed E-state index contributed by atoms with van der Waals surface area (Å²) < 4.78 is 5.48. The first-order valence-electron chi connectivity index (χ1n) is 8.28. The molecule has 0 atom stereocenters.